The molecule has 1 heterocycles. The van der Waals surface area contributed by atoms with Gasteiger partial charge in [0.1, 0.15) is 6.10 Å². The van der Waals surface area contributed by atoms with Gasteiger partial charge in [-0.3, -0.25) is 0 Å². The van der Waals surface area contributed by atoms with Crippen LogP contribution in [-0.2, 0) is 11.2 Å². The van der Waals surface area contributed by atoms with E-state index in [2.05, 4.69) is 30.9 Å². The molecule has 0 radical (unpaired) electrons. The number of aromatic nitrogens is 2. The SMILES string of the molecule is COC(c1noc(CC2(CN)CCC2)n1)C(C)(C)C. The van der Waals surface area contributed by atoms with Crippen LogP contribution in [0, 0.1) is 10.8 Å². The van der Waals surface area contributed by atoms with Crippen LogP contribution in [0.2, 0.25) is 0 Å². The Morgan fingerprint density at radius 1 is 1.42 bits per heavy atom. The van der Waals surface area contributed by atoms with Gasteiger partial charge in [0, 0.05) is 13.5 Å². The van der Waals surface area contributed by atoms with Gasteiger partial charge in [0.25, 0.3) is 0 Å². The lowest BCUT2D eigenvalue weighted by Gasteiger charge is -2.39. The van der Waals surface area contributed by atoms with Crippen LogP contribution in [0.4, 0.5) is 0 Å². The largest absolute Gasteiger partial charge is 0.373 e. The quantitative estimate of drug-likeness (QED) is 0.887. The summed E-state index contributed by atoms with van der Waals surface area (Å²) in [5, 5.41) is 4.08. The highest BCUT2D eigenvalue weighted by atomic mass is 16.5. The van der Waals surface area contributed by atoms with Crippen LogP contribution in [-0.4, -0.2) is 23.8 Å². The maximum absolute atomic E-state index is 5.86. The fourth-order valence-electron chi connectivity index (χ4n) is 2.74. The summed E-state index contributed by atoms with van der Waals surface area (Å²) >= 11 is 0. The van der Waals surface area contributed by atoms with E-state index in [0.29, 0.717) is 18.3 Å². The number of methoxy groups -OCH3 is 1. The van der Waals surface area contributed by atoms with Crippen molar-refractivity contribution < 1.29 is 9.26 Å². The third-order valence-corrected chi connectivity index (χ3v) is 4.11. The summed E-state index contributed by atoms with van der Waals surface area (Å²) in [5.41, 5.74) is 6.00. The first-order chi connectivity index (χ1) is 8.90. The van der Waals surface area contributed by atoms with Crippen LogP contribution in [0.25, 0.3) is 0 Å². The van der Waals surface area contributed by atoms with Gasteiger partial charge in [0.05, 0.1) is 0 Å². The van der Waals surface area contributed by atoms with E-state index in [-0.39, 0.29) is 16.9 Å². The lowest BCUT2D eigenvalue weighted by molar-refractivity contribution is 0.00718. The Balaban J connectivity index is 2.10. The number of nitrogens with two attached hydrogens (primary N) is 1. The maximum Gasteiger partial charge on any atom is 0.227 e. The van der Waals surface area contributed by atoms with Gasteiger partial charge in [0.2, 0.25) is 11.7 Å². The van der Waals surface area contributed by atoms with Crippen molar-refractivity contribution in [3.05, 3.63) is 11.7 Å². The minimum atomic E-state index is -0.153. The highest BCUT2D eigenvalue weighted by molar-refractivity contribution is 5.01. The maximum atomic E-state index is 5.86. The van der Waals surface area contributed by atoms with Crippen molar-refractivity contribution in [1.29, 1.82) is 0 Å². The molecule has 1 aromatic rings. The molecule has 0 aliphatic heterocycles. The molecule has 1 aliphatic carbocycles. The first kappa shape index (κ1) is 14.5. The molecule has 1 aliphatic rings. The first-order valence-electron chi connectivity index (χ1n) is 6.95. The lowest BCUT2D eigenvalue weighted by Crippen LogP contribution is -2.39. The summed E-state index contributed by atoms with van der Waals surface area (Å²) in [6.45, 7) is 7.00. The summed E-state index contributed by atoms with van der Waals surface area (Å²) in [7, 11) is 1.68. The average Bonchev–Trinajstić information content (AvgIpc) is 2.71. The number of nitrogens with zero attached hydrogens (tertiary/aromatic N) is 2. The van der Waals surface area contributed by atoms with E-state index in [1.165, 1.54) is 6.42 Å². The fourth-order valence-corrected chi connectivity index (χ4v) is 2.74. The van der Waals surface area contributed by atoms with Crippen molar-refractivity contribution >= 4 is 0 Å². The van der Waals surface area contributed by atoms with Crippen molar-refractivity contribution in [3.8, 4) is 0 Å². The molecule has 0 spiro atoms. The zero-order chi connectivity index (χ0) is 14.1. The van der Waals surface area contributed by atoms with Crippen LogP contribution < -0.4 is 5.73 Å². The summed E-state index contributed by atoms with van der Waals surface area (Å²) in [4.78, 5) is 4.50. The number of hydrogen-bond acceptors (Lipinski definition) is 5. The molecule has 1 aromatic heterocycles. The van der Waals surface area contributed by atoms with Gasteiger partial charge in [-0.15, -0.1) is 0 Å². The van der Waals surface area contributed by atoms with E-state index in [4.69, 9.17) is 15.0 Å². The zero-order valence-electron chi connectivity index (χ0n) is 12.4. The standard InChI is InChI=1S/C14H25N3O2/c1-13(2,3)11(18-4)12-16-10(19-17-12)8-14(9-15)6-5-7-14/h11H,5-9,15H2,1-4H3. The van der Waals surface area contributed by atoms with Gasteiger partial charge in [-0.2, -0.15) is 4.98 Å². The molecule has 19 heavy (non-hydrogen) atoms. The summed E-state index contributed by atoms with van der Waals surface area (Å²) in [6, 6.07) is 0. The summed E-state index contributed by atoms with van der Waals surface area (Å²) in [6.07, 6.45) is 4.21. The molecule has 0 bridgehead atoms. The van der Waals surface area contributed by atoms with Gasteiger partial charge in [-0.1, -0.05) is 32.3 Å². The van der Waals surface area contributed by atoms with Gasteiger partial charge < -0.3 is 15.0 Å². The second-order valence-electron chi connectivity index (χ2n) is 6.76. The molecule has 1 atom stereocenters. The Bertz CT molecular complexity index is 413. The zero-order valence-corrected chi connectivity index (χ0v) is 12.4. The molecule has 1 unspecified atom stereocenters. The van der Waals surface area contributed by atoms with E-state index in [1.807, 2.05) is 0 Å². The highest BCUT2D eigenvalue weighted by Gasteiger charge is 2.38. The van der Waals surface area contributed by atoms with E-state index >= 15 is 0 Å². The second kappa shape index (κ2) is 5.21. The average molecular weight is 267 g/mol. The topological polar surface area (TPSA) is 74.2 Å². The molecule has 5 heteroatoms. The molecular formula is C14H25N3O2. The van der Waals surface area contributed by atoms with E-state index in [0.717, 1.165) is 19.3 Å². The summed E-state index contributed by atoms with van der Waals surface area (Å²) in [5.74, 6) is 1.32. The van der Waals surface area contributed by atoms with E-state index in [9.17, 15) is 0 Å². The Hall–Kier alpha value is -0.940. The van der Waals surface area contributed by atoms with E-state index < -0.39 is 0 Å². The Kier molecular flexibility index (Phi) is 3.97. The fraction of sp³-hybridized carbons (Fsp3) is 0.857. The number of hydrogen-bond donors (Lipinski definition) is 1. The normalized spacial score (nSPS) is 20.1. The molecule has 108 valence electrons. The smallest absolute Gasteiger partial charge is 0.227 e. The molecule has 2 rings (SSSR count). The molecule has 1 saturated carbocycles. The third-order valence-electron chi connectivity index (χ3n) is 4.11. The van der Waals surface area contributed by atoms with Crippen LogP contribution in [0.15, 0.2) is 4.52 Å². The van der Waals surface area contributed by atoms with Crippen LogP contribution in [0.3, 0.4) is 0 Å². The molecule has 2 N–H and O–H groups in total. The molecule has 0 saturated heterocycles. The second-order valence-corrected chi connectivity index (χ2v) is 6.76. The molecule has 5 nitrogen and oxygen atoms in total. The molecule has 0 amide bonds. The minimum Gasteiger partial charge on any atom is -0.373 e. The molecule has 1 fully saturated rings. The predicted molar refractivity (Wildman–Crippen MR) is 72.5 cm³/mol. The lowest BCUT2D eigenvalue weighted by atomic mass is 9.67. The van der Waals surface area contributed by atoms with Crippen molar-refractivity contribution in [2.24, 2.45) is 16.6 Å². The van der Waals surface area contributed by atoms with Gasteiger partial charge in [-0.25, -0.2) is 0 Å². The van der Waals surface area contributed by atoms with Gasteiger partial charge >= 0.3 is 0 Å². The Morgan fingerprint density at radius 3 is 2.53 bits per heavy atom. The first-order valence-corrected chi connectivity index (χ1v) is 6.95. The predicted octanol–water partition coefficient (Wildman–Crippen LogP) is 2.47. The molecule has 0 aromatic carbocycles. The van der Waals surface area contributed by atoms with Crippen LogP contribution >= 0.6 is 0 Å². The van der Waals surface area contributed by atoms with Crippen molar-refractivity contribution in [2.45, 2.75) is 52.6 Å². The monoisotopic (exact) mass is 267 g/mol. The van der Waals surface area contributed by atoms with Crippen LogP contribution in [0.1, 0.15) is 57.9 Å². The number of ether oxygens (including phenoxy) is 1. The Labute approximate surface area is 114 Å². The van der Waals surface area contributed by atoms with Crippen molar-refractivity contribution in [1.82, 2.24) is 10.1 Å². The summed E-state index contributed by atoms with van der Waals surface area (Å²) < 4.78 is 10.9. The number of rotatable bonds is 5. The van der Waals surface area contributed by atoms with Crippen molar-refractivity contribution in [2.75, 3.05) is 13.7 Å². The third kappa shape index (κ3) is 2.98. The highest BCUT2D eigenvalue weighted by Crippen LogP contribution is 2.42. The van der Waals surface area contributed by atoms with Gasteiger partial charge in [0.15, 0.2) is 0 Å². The van der Waals surface area contributed by atoms with Gasteiger partial charge in [-0.05, 0) is 30.2 Å². The van der Waals surface area contributed by atoms with Crippen LogP contribution in [0.5, 0.6) is 0 Å². The van der Waals surface area contributed by atoms with E-state index in [1.54, 1.807) is 7.11 Å². The molecular weight excluding hydrogens is 242 g/mol. The Morgan fingerprint density at radius 2 is 2.11 bits per heavy atom. The van der Waals surface area contributed by atoms with Crippen molar-refractivity contribution in [3.63, 3.8) is 0 Å². The minimum absolute atomic E-state index is 0.0576.